The highest BCUT2D eigenvalue weighted by Gasteiger charge is 2.53. The minimum absolute atomic E-state index is 0.415. The van der Waals surface area contributed by atoms with Crippen LogP contribution in [0, 0.1) is 0 Å². The normalized spacial score (nSPS) is 13.6. The molecule has 0 atom stereocenters. The molecule has 0 bridgehead atoms. The van der Waals surface area contributed by atoms with Crippen LogP contribution in [0.1, 0.15) is 22.3 Å². The van der Waals surface area contributed by atoms with Gasteiger partial charge in [0.15, 0.2) is 0 Å². The highest BCUT2D eigenvalue weighted by molar-refractivity contribution is 6.02. The van der Waals surface area contributed by atoms with Gasteiger partial charge in [-0.25, -0.2) is 0 Å². The second-order valence-electron chi connectivity index (χ2n) is 10.3. The summed E-state index contributed by atoms with van der Waals surface area (Å²) in [4.78, 5) is 0. The zero-order chi connectivity index (χ0) is 25.3. The maximum Gasteiger partial charge on any atom is 0.0732 e. The van der Waals surface area contributed by atoms with Crippen molar-refractivity contribution in [2.45, 2.75) is 5.41 Å². The second-order valence-corrected chi connectivity index (χ2v) is 10.3. The fourth-order valence-electron chi connectivity index (χ4n) is 6.97. The molecular weight excluding hydrogens is 458 g/mol. The lowest BCUT2D eigenvalue weighted by atomic mass is 9.68. The van der Waals surface area contributed by atoms with E-state index in [0.717, 1.165) is 11.3 Å². The maximum absolute atomic E-state index is 6.82. The molecule has 2 aliphatic carbocycles. The van der Waals surface area contributed by atoms with E-state index >= 15 is 0 Å². The molecule has 178 valence electrons. The van der Waals surface area contributed by atoms with Gasteiger partial charge < -0.3 is 5.73 Å². The van der Waals surface area contributed by atoms with Crippen molar-refractivity contribution in [3.05, 3.63) is 162 Å². The molecule has 2 N–H and O–H groups in total. The monoisotopic (exact) mass is 483 g/mol. The van der Waals surface area contributed by atoms with E-state index in [9.17, 15) is 0 Å². The minimum atomic E-state index is -0.415. The molecule has 0 fully saturated rings. The van der Waals surface area contributed by atoms with Crippen molar-refractivity contribution in [1.29, 1.82) is 0 Å². The number of nitrogen functional groups attached to an aromatic ring is 1. The van der Waals surface area contributed by atoms with Crippen LogP contribution >= 0.6 is 0 Å². The maximum atomic E-state index is 6.82. The topological polar surface area (TPSA) is 26.0 Å². The van der Waals surface area contributed by atoms with E-state index in [4.69, 9.17) is 5.73 Å². The third kappa shape index (κ3) is 2.65. The SMILES string of the molecule is Nc1ccc(-c2ccc(-c3ccccc3)cc2)c2c1-c1ccccc1C21c2ccccc2-c2ccccc21. The van der Waals surface area contributed by atoms with Gasteiger partial charge in [0.2, 0.25) is 0 Å². The van der Waals surface area contributed by atoms with E-state index < -0.39 is 5.41 Å². The van der Waals surface area contributed by atoms with Crippen LogP contribution in [0.2, 0.25) is 0 Å². The van der Waals surface area contributed by atoms with E-state index in [0.29, 0.717) is 0 Å². The average Bonchev–Trinajstić information content (AvgIpc) is 3.46. The molecular formula is C37H25N. The van der Waals surface area contributed by atoms with Crippen LogP contribution in [0.15, 0.2) is 140 Å². The van der Waals surface area contributed by atoms with Crippen LogP contribution in [-0.2, 0) is 5.41 Å². The van der Waals surface area contributed by atoms with E-state index in [1.54, 1.807) is 0 Å². The molecule has 1 nitrogen and oxygen atoms in total. The van der Waals surface area contributed by atoms with Gasteiger partial charge in [-0.15, -0.1) is 0 Å². The minimum Gasteiger partial charge on any atom is -0.398 e. The lowest BCUT2D eigenvalue weighted by molar-refractivity contribution is 0.796. The van der Waals surface area contributed by atoms with Crippen molar-refractivity contribution in [2.75, 3.05) is 5.73 Å². The van der Waals surface area contributed by atoms with Gasteiger partial charge in [-0.3, -0.25) is 0 Å². The summed E-state index contributed by atoms with van der Waals surface area (Å²) in [5, 5.41) is 0. The van der Waals surface area contributed by atoms with Gasteiger partial charge in [0.05, 0.1) is 5.41 Å². The number of benzene rings is 6. The summed E-state index contributed by atoms with van der Waals surface area (Å²) in [6.07, 6.45) is 0. The molecule has 0 amide bonds. The molecule has 0 saturated heterocycles. The summed E-state index contributed by atoms with van der Waals surface area (Å²) in [6.45, 7) is 0. The standard InChI is InChI=1S/C37H25N/c38-34-23-22-27(26-20-18-25(19-21-26)24-10-2-1-3-11-24)36-35(34)30-14-6-9-17-33(30)37(36)31-15-7-4-12-28(31)29-13-5-8-16-32(29)37/h1-23H,38H2. The van der Waals surface area contributed by atoms with Crippen LogP contribution in [0.5, 0.6) is 0 Å². The first kappa shape index (κ1) is 21.2. The van der Waals surface area contributed by atoms with E-state index in [1.165, 1.54) is 61.2 Å². The Bertz CT molecular complexity index is 1820. The van der Waals surface area contributed by atoms with Crippen LogP contribution in [0.25, 0.3) is 44.5 Å². The van der Waals surface area contributed by atoms with Gasteiger partial charge in [0.25, 0.3) is 0 Å². The molecule has 6 aromatic rings. The number of rotatable bonds is 2. The molecule has 1 spiro atoms. The van der Waals surface area contributed by atoms with Crippen molar-refractivity contribution in [3.63, 3.8) is 0 Å². The Labute approximate surface area is 222 Å². The fraction of sp³-hybridized carbons (Fsp3) is 0.0270. The number of anilines is 1. The first-order valence-corrected chi connectivity index (χ1v) is 13.2. The second kappa shape index (κ2) is 7.81. The average molecular weight is 484 g/mol. The summed E-state index contributed by atoms with van der Waals surface area (Å²) in [5.41, 5.74) is 22.4. The molecule has 0 unspecified atom stereocenters. The number of nitrogens with two attached hydrogens (primary N) is 1. The zero-order valence-corrected chi connectivity index (χ0v) is 20.9. The van der Waals surface area contributed by atoms with Gasteiger partial charge in [0.1, 0.15) is 0 Å². The zero-order valence-electron chi connectivity index (χ0n) is 20.9. The van der Waals surface area contributed by atoms with Gasteiger partial charge >= 0.3 is 0 Å². The van der Waals surface area contributed by atoms with E-state index in [-0.39, 0.29) is 0 Å². The third-order valence-corrected chi connectivity index (χ3v) is 8.47. The predicted molar refractivity (Wildman–Crippen MR) is 158 cm³/mol. The van der Waals surface area contributed by atoms with Crippen molar-refractivity contribution in [2.24, 2.45) is 0 Å². The van der Waals surface area contributed by atoms with E-state index in [2.05, 4.69) is 140 Å². The molecule has 6 aromatic carbocycles. The lowest BCUT2D eigenvalue weighted by Crippen LogP contribution is -2.26. The third-order valence-electron chi connectivity index (χ3n) is 8.47. The molecule has 0 aromatic heterocycles. The van der Waals surface area contributed by atoms with Gasteiger partial charge in [-0.05, 0) is 67.3 Å². The highest BCUT2D eigenvalue weighted by Crippen LogP contribution is 2.65. The fourth-order valence-corrected chi connectivity index (χ4v) is 6.97. The first-order chi connectivity index (χ1) is 18.8. The highest BCUT2D eigenvalue weighted by atomic mass is 14.6. The smallest absolute Gasteiger partial charge is 0.0732 e. The molecule has 0 aliphatic heterocycles. The van der Waals surface area contributed by atoms with Crippen molar-refractivity contribution in [1.82, 2.24) is 0 Å². The summed E-state index contributed by atoms with van der Waals surface area (Å²) in [6, 6.07) is 50.5. The van der Waals surface area contributed by atoms with Gasteiger partial charge in [-0.2, -0.15) is 0 Å². The summed E-state index contributed by atoms with van der Waals surface area (Å²) in [5.74, 6) is 0. The Balaban J connectivity index is 1.47. The van der Waals surface area contributed by atoms with Gasteiger partial charge in [0, 0.05) is 11.3 Å². The van der Waals surface area contributed by atoms with Crippen molar-refractivity contribution < 1.29 is 0 Å². The number of hydrogen-bond acceptors (Lipinski definition) is 1. The summed E-state index contributed by atoms with van der Waals surface area (Å²) < 4.78 is 0. The Morgan fingerprint density at radius 3 is 1.47 bits per heavy atom. The van der Waals surface area contributed by atoms with Crippen molar-refractivity contribution >= 4 is 5.69 Å². The number of fused-ring (bicyclic) bond motifs is 10. The molecule has 0 radical (unpaired) electrons. The Morgan fingerprint density at radius 2 is 0.842 bits per heavy atom. The van der Waals surface area contributed by atoms with Crippen LogP contribution in [0.3, 0.4) is 0 Å². The van der Waals surface area contributed by atoms with Gasteiger partial charge in [-0.1, -0.05) is 133 Å². The Kier molecular flexibility index (Phi) is 4.36. The predicted octanol–water partition coefficient (Wildman–Crippen LogP) is 8.95. The summed E-state index contributed by atoms with van der Waals surface area (Å²) in [7, 11) is 0. The lowest BCUT2D eigenvalue weighted by Gasteiger charge is -2.32. The van der Waals surface area contributed by atoms with Crippen LogP contribution < -0.4 is 5.73 Å². The molecule has 1 heteroatoms. The number of hydrogen-bond donors (Lipinski definition) is 1. The molecule has 2 aliphatic rings. The Hall–Kier alpha value is -4.88. The molecule has 38 heavy (non-hydrogen) atoms. The van der Waals surface area contributed by atoms with Crippen LogP contribution in [0.4, 0.5) is 5.69 Å². The van der Waals surface area contributed by atoms with Crippen molar-refractivity contribution in [3.8, 4) is 44.5 Å². The van der Waals surface area contributed by atoms with E-state index in [1.807, 2.05) is 0 Å². The largest absolute Gasteiger partial charge is 0.398 e. The summed E-state index contributed by atoms with van der Waals surface area (Å²) >= 11 is 0. The quantitative estimate of drug-likeness (QED) is 0.244. The Morgan fingerprint density at radius 1 is 0.368 bits per heavy atom. The molecule has 0 heterocycles. The molecule has 0 saturated carbocycles. The van der Waals surface area contributed by atoms with Crippen LogP contribution in [-0.4, -0.2) is 0 Å². The first-order valence-electron chi connectivity index (χ1n) is 13.2. The molecule has 8 rings (SSSR count).